The van der Waals surface area contributed by atoms with Gasteiger partial charge >= 0.3 is 0 Å². The van der Waals surface area contributed by atoms with E-state index in [1.807, 2.05) is 0 Å². The van der Waals surface area contributed by atoms with Gasteiger partial charge in [-0.25, -0.2) is 8.78 Å². The molecule has 1 saturated heterocycles. The van der Waals surface area contributed by atoms with E-state index >= 15 is 0 Å². The lowest BCUT2D eigenvalue weighted by Gasteiger charge is -2.37. The van der Waals surface area contributed by atoms with Gasteiger partial charge in [-0.05, 0) is 18.9 Å². The molecule has 1 aliphatic heterocycles. The SMILES string of the molecule is Nc1c(F)cc(F)cc1NC1(CO)CCOCC1. The van der Waals surface area contributed by atoms with Gasteiger partial charge in [0.2, 0.25) is 0 Å². The second kappa shape index (κ2) is 5.07. The summed E-state index contributed by atoms with van der Waals surface area (Å²) in [4.78, 5) is 0. The number of rotatable bonds is 3. The fraction of sp³-hybridized carbons (Fsp3) is 0.500. The molecule has 0 atom stereocenters. The first-order valence-electron chi connectivity index (χ1n) is 5.78. The van der Waals surface area contributed by atoms with E-state index in [4.69, 9.17) is 10.5 Å². The zero-order valence-electron chi connectivity index (χ0n) is 9.88. The molecule has 1 aromatic carbocycles. The summed E-state index contributed by atoms with van der Waals surface area (Å²) in [7, 11) is 0. The predicted octanol–water partition coefficient (Wildman–Crippen LogP) is 1.50. The fourth-order valence-electron chi connectivity index (χ4n) is 2.06. The van der Waals surface area contributed by atoms with Gasteiger partial charge in [0.05, 0.1) is 23.5 Å². The Morgan fingerprint density at radius 1 is 1.33 bits per heavy atom. The van der Waals surface area contributed by atoms with E-state index in [-0.39, 0.29) is 18.0 Å². The third-order valence-electron chi connectivity index (χ3n) is 3.25. The van der Waals surface area contributed by atoms with Gasteiger partial charge in [-0.3, -0.25) is 0 Å². The summed E-state index contributed by atoms with van der Waals surface area (Å²) in [5, 5.41) is 12.4. The van der Waals surface area contributed by atoms with Crippen LogP contribution in [0.1, 0.15) is 12.8 Å². The molecule has 4 nitrogen and oxygen atoms in total. The number of nitrogens with one attached hydrogen (secondary N) is 1. The third kappa shape index (κ3) is 2.54. The molecule has 0 spiro atoms. The highest BCUT2D eigenvalue weighted by molar-refractivity contribution is 5.67. The van der Waals surface area contributed by atoms with Gasteiger partial charge in [0.1, 0.15) is 5.82 Å². The highest BCUT2D eigenvalue weighted by atomic mass is 19.1. The number of nitrogen functional groups attached to an aromatic ring is 1. The number of hydrogen-bond donors (Lipinski definition) is 3. The monoisotopic (exact) mass is 258 g/mol. The van der Waals surface area contributed by atoms with Crippen molar-refractivity contribution >= 4 is 11.4 Å². The summed E-state index contributed by atoms with van der Waals surface area (Å²) in [6, 6.07) is 1.86. The minimum absolute atomic E-state index is 0.143. The Balaban J connectivity index is 2.26. The number of benzene rings is 1. The van der Waals surface area contributed by atoms with E-state index in [0.29, 0.717) is 26.1 Å². The van der Waals surface area contributed by atoms with Gasteiger partial charge in [0, 0.05) is 19.3 Å². The van der Waals surface area contributed by atoms with Crippen molar-refractivity contribution in [3.05, 3.63) is 23.8 Å². The van der Waals surface area contributed by atoms with E-state index in [0.717, 1.165) is 12.1 Å². The molecule has 0 aromatic heterocycles. The Kier molecular flexibility index (Phi) is 3.68. The average molecular weight is 258 g/mol. The Labute approximate surface area is 104 Å². The molecule has 6 heteroatoms. The topological polar surface area (TPSA) is 67.5 Å². The number of ether oxygens (including phenoxy) is 1. The molecule has 0 saturated carbocycles. The summed E-state index contributed by atoms with van der Waals surface area (Å²) >= 11 is 0. The second-order valence-electron chi connectivity index (χ2n) is 4.52. The van der Waals surface area contributed by atoms with Gasteiger partial charge in [0.25, 0.3) is 0 Å². The number of hydrogen-bond acceptors (Lipinski definition) is 4. The van der Waals surface area contributed by atoms with Crippen LogP contribution in [0.5, 0.6) is 0 Å². The van der Waals surface area contributed by atoms with E-state index in [2.05, 4.69) is 5.32 Å². The maximum atomic E-state index is 13.3. The number of nitrogens with two attached hydrogens (primary N) is 1. The van der Waals surface area contributed by atoms with E-state index in [1.165, 1.54) is 0 Å². The minimum atomic E-state index is -0.808. The highest BCUT2D eigenvalue weighted by Crippen LogP contribution is 2.30. The van der Waals surface area contributed by atoms with Crippen LogP contribution in [0.25, 0.3) is 0 Å². The molecule has 2 rings (SSSR count). The average Bonchev–Trinajstić information content (AvgIpc) is 2.36. The van der Waals surface area contributed by atoms with Crippen LogP contribution in [-0.4, -0.2) is 30.5 Å². The van der Waals surface area contributed by atoms with Crippen molar-refractivity contribution in [3.8, 4) is 0 Å². The molecular weight excluding hydrogens is 242 g/mol. The molecule has 0 amide bonds. The second-order valence-corrected chi connectivity index (χ2v) is 4.52. The third-order valence-corrected chi connectivity index (χ3v) is 3.25. The smallest absolute Gasteiger partial charge is 0.151 e. The molecular formula is C12H16F2N2O2. The molecule has 0 radical (unpaired) electrons. The van der Waals surface area contributed by atoms with Crippen LogP contribution < -0.4 is 11.1 Å². The van der Waals surface area contributed by atoms with Crippen molar-refractivity contribution in [2.45, 2.75) is 18.4 Å². The maximum Gasteiger partial charge on any atom is 0.151 e. The summed E-state index contributed by atoms with van der Waals surface area (Å²) in [5.41, 5.74) is 4.96. The molecule has 1 fully saturated rings. The lowest BCUT2D eigenvalue weighted by Crippen LogP contribution is -2.47. The Morgan fingerprint density at radius 3 is 2.61 bits per heavy atom. The largest absolute Gasteiger partial charge is 0.395 e. The van der Waals surface area contributed by atoms with Gasteiger partial charge in [-0.15, -0.1) is 0 Å². The van der Waals surface area contributed by atoms with Gasteiger partial charge in [0.15, 0.2) is 5.82 Å². The van der Waals surface area contributed by atoms with Crippen LogP contribution in [0.3, 0.4) is 0 Å². The number of aliphatic hydroxyl groups is 1. The lowest BCUT2D eigenvalue weighted by atomic mass is 9.90. The van der Waals surface area contributed by atoms with E-state index < -0.39 is 17.2 Å². The molecule has 100 valence electrons. The van der Waals surface area contributed by atoms with Crippen LogP contribution in [0.2, 0.25) is 0 Å². The van der Waals surface area contributed by atoms with Crippen molar-refractivity contribution in [2.24, 2.45) is 0 Å². The molecule has 1 heterocycles. The van der Waals surface area contributed by atoms with Gasteiger partial charge in [-0.1, -0.05) is 0 Å². The van der Waals surface area contributed by atoms with Crippen LogP contribution in [0.15, 0.2) is 12.1 Å². The minimum Gasteiger partial charge on any atom is -0.395 e. The molecule has 1 aromatic rings. The molecule has 0 unspecified atom stereocenters. The van der Waals surface area contributed by atoms with Crippen molar-refractivity contribution in [2.75, 3.05) is 30.9 Å². The highest BCUT2D eigenvalue weighted by Gasteiger charge is 2.32. The van der Waals surface area contributed by atoms with Crippen molar-refractivity contribution in [1.82, 2.24) is 0 Å². The van der Waals surface area contributed by atoms with Crippen LogP contribution in [-0.2, 0) is 4.74 Å². The quantitative estimate of drug-likeness (QED) is 0.719. The molecule has 18 heavy (non-hydrogen) atoms. The summed E-state index contributed by atoms with van der Waals surface area (Å²) in [6.07, 6.45) is 1.11. The maximum absolute atomic E-state index is 13.3. The Hall–Kier alpha value is -1.40. The van der Waals surface area contributed by atoms with Crippen LogP contribution in [0, 0.1) is 11.6 Å². The van der Waals surface area contributed by atoms with Crippen LogP contribution in [0.4, 0.5) is 20.2 Å². The van der Waals surface area contributed by atoms with Crippen molar-refractivity contribution in [1.29, 1.82) is 0 Å². The predicted molar refractivity (Wildman–Crippen MR) is 64.3 cm³/mol. The van der Waals surface area contributed by atoms with Crippen molar-refractivity contribution < 1.29 is 18.6 Å². The Bertz CT molecular complexity index is 434. The zero-order chi connectivity index (χ0) is 13.2. The van der Waals surface area contributed by atoms with Gasteiger partial charge in [-0.2, -0.15) is 0 Å². The number of halogens is 2. The summed E-state index contributed by atoms with van der Waals surface area (Å²) in [6.45, 7) is 0.838. The standard InChI is InChI=1S/C12H16F2N2O2/c13-8-5-9(14)11(15)10(6-8)16-12(7-17)1-3-18-4-2-12/h5-6,16-17H,1-4,7,15H2. The number of aliphatic hydroxyl groups excluding tert-OH is 1. The zero-order valence-corrected chi connectivity index (χ0v) is 9.88. The van der Waals surface area contributed by atoms with E-state index in [9.17, 15) is 13.9 Å². The first-order valence-corrected chi connectivity index (χ1v) is 5.78. The lowest BCUT2D eigenvalue weighted by molar-refractivity contribution is 0.0380. The Morgan fingerprint density at radius 2 is 2.00 bits per heavy atom. The first kappa shape index (κ1) is 13.0. The molecule has 0 aliphatic carbocycles. The number of anilines is 2. The normalized spacial score (nSPS) is 18.6. The fourth-order valence-corrected chi connectivity index (χ4v) is 2.06. The molecule has 4 N–H and O–H groups in total. The van der Waals surface area contributed by atoms with Gasteiger partial charge < -0.3 is 20.9 Å². The molecule has 1 aliphatic rings. The van der Waals surface area contributed by atoms with Crippen molar-refractivity contribution in [3.63, 3.8) is 0 Å². The summed E-state index contributed by atoms with van der Waals surface area (Å²) < 4.78 is 31.7. The van der Waals surface area contributed by atoms with Crippen LogP contribution >= 0.6 is 0 Å². The first-order chi connectivity index (χ1) is 8.56. The molecule has 0 bridgehead atoms. The summed E-state index contributed by atoms with van der Waals surface area (Å²) in [5.74, 6) is -1.51. The van der Waals surface area contributed by atoms with E-state index in [1.54, 1.807) is 0 Å².